The van der Waals surface area contributed by atoms with Crippen LogP contribution in [0.3, 0.4) is 0 Å². The highest BCUT2D eigenvalue weighted by Gasteiger charge is 1.90. The summed E-state index contributed by atoms with van der Waals surface area (Å²) >= 11 is 3.39. The van der Waals surface area contributed by atoms with Crippen LogP contribution in [-0.4, -0.2) is 45.5 Å². The maximum Gasteiger partial charge on any atom is 0.0701 e. The molecule has 0 aliphatic heterocycles. The molecule has 0 radical (unpaired) electrons. The monoisotopic (exact) mass is 268 g/mol. The van der Waals surface area contributed by atoms with E-state index in [1.165, 1.54) is 12.8 Å². The third kappa shape index (κ3) is 12.4. The fourth-order valence-electron chi connectivity index (χ4n) is 0.940. The highest BCUT2D eigenvalue weighted by Crippen LogP contribution is 1.98. The van der Waals surface area contributed by atoms with Gasteiger partial charge >= 0.3 is 0 Å². The lowest BCUT2D eigenvalue weighted by atomic mass is 10.3. The zero-order valence-corrected chi connectivity index (χ0v) is 10.6. The summed E-state index contributed by atoms with van der Waals surface area (Å²) in [5, 5.41) is 1.09. The van der Waals surface area contributed by atoms with Crippen molar-refractivity contribution in [3.05, 3.63) is 0 Å². The van der Waals surface area contributed by atoms with Crippen molar-refractivity contribution in [2.45, 2.75) is 19.3 Å². The second-order valence-corrected chi connectivity index (χ2v) is 3.76. The molecule has 0 heterocycles. The topological polar surface area (TPSA) is 27.7 Å². The molecule has 4 heteroatoms. The first kappa shape index (κ1) is 14.4. The molecular formula is C10H21BrO3. The largest absolute Gasteiger partial charge is 0.382 e. The van der Waals surface area contributed by atoms with Gasteiger partial charge in [0.2, 0.25) is 0 Å². The fourth-order valence-corrected chi connectivity index (χ4v) is 1.34. The van der Waals surface area contributed by atoms with Crippen LogP contribution in [0.15, 0.2) is 0 Å². The van der Waals surface area contributed by atoms with E-state index >= 15 is 0 Å². The number of halogens is 1. The van der Waals surface area contributed by atoms with E-state index in [1.807, 2.05) is 0 Å². The number of rotatable bonds is 11. The lowest BCUT2D eigenvalue weighted by molar-refractivity contribution is 0.0240. The van der Waals surface area contributed by atoms with E-state index in [9.17, 15) is 0 Å². The van der Waals surface area contributed by atoms with E-state index in [0.717, 1.165) is 18.4 Å². The van der Waals surface area contributed by atoms with Crippen LogP contribution in [0.4, 0.5) is 0 Å². The summed E-state index contributed by atoms with van der Waals surface area (Å²) < 4.78 is 15.5. The molecule has 0 bridgehead atoms. The molecule has 0 aliphatic rings. The van der Waals surface area contributed by atoms with Gasteiger partial charge in [0, 0.05) is 19.0 Å². The Labute approximate surface area is 95.2 Å². The number of methoxy groups -OCH3 is 1. The van der Waals surface area contributed by atoms with Crippen molar-refractivity contribution >= 4 is 15.9 Å². The first-order valence-corrected chi connectivity index (χ1v) is 6.24. The summed E-state index contributed by atoms with van der Waals surface area (Å²) in [6, 6.07) is 0. The lowest BCUT2D eigenvalue weighted by Gasteiger charge is -2.04. The van der Waals surface area contributed by atoms with Gasteiger partial charge in [-0.25, -0.2) is 0 Å². The fraction of sp³-hybridized carbons (Fsp3) is 1.00. The van der Waals surface area contributed by atoms with Crippen molar-refractivity contribution in [1.82, 2.24) is 0 Å². The summed E-state index contributed by atoms with van der Waals surface area (Å²) in [5.41, 5.74) is 0. The summed E-state index contributed by atoms with van der Waals surface area (Å²) in [6.45, 7) is 3.52. The van der Waals surface area contributed by atoms with Gasteiger partial charge in [-0.15, -0.1) is 0 Å². The SMILES string of the molecule is COCCOCCOCCCCCBr. The zero-order valence-electron chi connectivity index (χ0n) is 8.97. The number of hydrogen-bond donors (Lipinski definition) is 0. The molecular weight excluding hydrogens is 248 g/mol. The van der Waals surface area contributed by atoms with Crippen LogP contribution < -0.4 is 0 Å². The van der Waals surface area contributed by atoms with Gasteiger partial charge in [0.15, 0.2) is 0 Å². The number of ether oxygens (including phenoxy) is 3. The molecule has 0 unspecified atom stereocenters. The molecule has 0 amide bonds. The minimum absolute atomic E-state index is 0.656. The van der Waals surface area contributed by atoms with Gasteiger partial charge in [-0.3, -0.25) is 0 Å². The molecule has 0 atom stereocenters. The van der Waals surface area contributed by atoms with E-state index in [-0.39, 0.29) is 0 Å². The van der Waals surface area contributed by atoms with Gasteiger partial charge in [0.25, 0.3) is 0 Å². The van der Waals surface area contributed by atoms with Gasteiger partial charge < -0.3 is 14.2 Å². The van der Waals surface area contributed by atoms with Crippen molar-refractivity contribution in [2.75, 3.05) is 45.5 Å². The van der Waals surface area contributed by atoms with E-state index in [2.05, 4.69) is 15.9 Å². The van der Waals surface area contributed by atoms with Crippen LogP contribution in [0.1, 0.15) is 19.3 Å². The van der Waals surface area contributed by atoms with E-state index in [4.69, 9.17) is 14.2 Å². The van der Waals surface area contributed by atoms with E-state index in [1.54, 1.807) is 7.11 Å². The Hall–Kier alpha value is 0.360. The zero-order chi connectivity index (χ0) is 10.5. The normalized spacial score (nSPS) is 10.7. The third-order valence-electron chi connectivity index (χ3n) is 1.73. The minimum Gasteiger partial charge on any atom is -0.382 e. The van der Waals surface area contributed by atoms with Gasteiger partial charge in [-0.1, -0.05) is 22.4 Å². The van der Waals surface area contributed by atoms with Crippen LogP contribution >= 0.6 is 15.9 Å². The van der Waals surface area contributed by atoms with Crippen LogP contribution in [0.5, 0.6) is 0 Å². The lowest BCUT2D eigenvalue weighted by Crippen LogP contribution is -2.08. The Kier molecular flexibility index (Phi) is 13.7. The molecule has 86 valence electrons. The van der Waals surface area contributed by atoms with Gasteiger partial charge in [0.05, 0.1) is 26.4 Å². The van der Waals surface area contributed by atoms with Gasteiger partial charge in [-0.05, 0) is 12.8 Å². The summed E-state index contributed by atoms with van der Waals surface area (Å²) in [6.07, 6.45) is 3.60. The Bertz CT molecular complexity index is 89.4. The molecule has 0 saturated carbocycles. The molecule has 0 rings (SSSR count). The molecule has 14 heavy (non-hydrogen) atoms. The second kappa shape index (κ2) is 13.4. The molecule has 0 spiro atoms. The maximum atomic E-state index is 5.38. The molecule has 3 nitrogen and oxygen atoms in total. The number of alkyl halides is 1. The Morgan fingerprint density at radius 1 is 0.786 bits per heavy atom. The first-order chi connectivity index (χ1) is 6.91. The van der Waals surface area contributed by atoms with Gasteiger partial charge in [-0.2, -0.15) is 0 Å². The van der Waals surface area contributed by atoms with Gasteiger partial charge in [0.1, 0.15) is 0 Å². The number of unbranched alkanes of at least 4 members (excludes halogenated alkanes) is 2. The summed E-state index contributed by atoms with van der Waals surface area (Å²) in [5.74, 6) is 0. The highest BCUT2D eigenvalue weighted by molar-refractivity contribution is 9.09. The van der Waals surface area contributed by atoms with Crippen molar-refractivity contribution in [3.8, 4) is 0 Å². The predicted octanol–water partition coefficient (Wildman–Crippen LogP) is 2.23. The second-order valence-electron chi connectivity index (χ2n) is 2.97. The van der Waals surface area contributed by atoms with Crippen LogP contribution in [0, 0.1) is 0 Å². The van der Waals surface area contributed by atoms with Crippen molar-refractivity contribution in [3.63, 3.8) is 0 Å². The highest BCUT2D eigenvalue weighted by atomic mass is 79.9. The molecule has 0 aromatic heterocycles. The smallest absolute Gasteiger partial charge is 0.0701 e. The quantitative estimate of drug-likeness (QED) is 0.425. The third-order valence-corrected chi connectivity index (χ3v) is 2.29. The van der Waals surface area contributed by atoms with Crippen LogP contribution in [0.25, 0.3) is 0 Å². The van der Waals surface area contributed by atoms with Crippen molar-refractivity contribution in [2.24, 2.45) is 0 Å². The average molecular weight is 269 g/mol. The summed E-state index contributed by atoms with van der Waals surface area (Å²) in [4.78, 5) is 0. The van der Waals surface area contributed by atoms with E-state index in [0.29, 0.717) is 26.4 Å². The molecule has 0 aromatic rings. The average Bonchev–Trinajstić information content (AvgIpc) is 2.21. The molecule has 0 fully saturated rings. The molecule has 0 saturated heterocycles. The number of hydrogen-bond acceptors (Lipinski definition) is 3. The molecule has 0 aliphatic carbocycles. The Morgan fingerprint density at radius 3 is 2.07 bits per heavy atom. The maximum absolute atomic E-state index is 5.38. The first-order valence-electron chi connectivity index (χ1n) is 5.12. The Balaban J connectivity index is 2.78. The van der Waals surface area contributed by atoms with Crippen molar-refractivity contribution in [1.29, 1.82) is 0 Å². The van der Waals surface area contributed by atoms with E-state index < -0.39 is 0 Å². The molecule has 0 aromatic carbocycles. The van der Waals surface area contributed by atoms with Crippen LogP contribution in [-0.2, 0) is 14.2 Å². The summed E-state index contributed by atoms with van der Waals surface area (Å²) in [7, 11) is 1.67. The predicted molar refractivity (Wildman–Crippen MR) is 61.2 cm³/mol. The Morgan fingerprint density at radius 2 is 1.43 bits per heavy atom. The van der Waals surface area contributed by atoms with Crippen molar-refractivity contribution < 1.29 is 14.2 Å². The molecule has 0 N–H and O–H groups in total. The minimum atomic E-state index is 0.656. The standard InChI is InChI=1S/C10H21BrO3/c1-12-7-8-14-10-9-13-6-4-2-3-5-11/h2-10H2,1H3. The van der Waals surface area contributed by atoms with Crippen LogP contribution in [0.2, 0.25) is 0 Å².